The Bertz CT molecular complexity index is 1180. The molecule has 4 rings (SSSR count). The van der Waals surface area contributed by atoms with E-state index in [4.69, 9.17) is 26.6 Å². The number of aliphatic carboxylic acids is 1. The van der Waals surface area contributed by atoms with Crippen LogP contribution in [0.4, 0.5) is 18.9 Å². The molecule has 1 saturated heterocycles. The molecule has 0 radical (unpaired) electrons. The highest BCUT2D eigenvalue weighted by Crippen LogP contribution is 2.35. The topological polar surface area (TPSA) is 119 Å². The van der Waals surface area contributed by atoms with Gasteiger partial charge in [-0.25, -0.2) is 9.59 Å². The summed E-state index contributed by atoms with van der Waals surface area (Å²) in [6.45, 7) is 2.23. The largest absolute Gasteiger partial charge is 0.490 e. The monoisotopic (exact) mass is 528 g/mol. The van der Waals surface area contributed by atoms with Gasteiger partial charge in [0.15, 0.2) is 10.7 Å². The zero-order valence-corrected chi connectivity index (χ0v) is 19.6. The number of carboxylic acids is 2. The number of hydrogen-bond acceptors (Lipinski definition) is 6. The summed E-state index contributed by atoms with van der Waals surface area (Å²) in [5, 5.41) is 27.0. The third kappa shape index (κ3) is 7.12. The number of aromatic amines is 1. The smallest absolute Gasteiger partial charge is 0.476 e. The summed E-state index contributed by atoms with van der Waals surface area (Å²) in [5.74, 6) is -3.85. The zero-order valence-electron chi connectivity index (χ0n) is 18.0. The number of halogens is 4. The summed E-state index contributed by atoms with van der Waals surface area (Å²) in [6.07, 6.45) is -1.26. The molecule has 0 bridgehead atoms. The third-order valence-electron chi connectivity index (χ3n) is 5.03. The van der Waals surface area contributed by atoms with E-state index in [1.54, 1.807) is 0 Å². The minimum absolute atomic E-state index is 0.0292. The number of piperidine rings is 1. The standard InChI is InChI=1S/C20H19ClN4O2S.C2HF3O2/c21-17-12-15(28-19-18(20(26)27)22-24-23-19)8-9-16(17)13-4-6-14(7-5-13)25-10-2-1-3-11-25;3-2(4,5)1(6)7/h4-9,12H,1-3,10-11H2,(H,26,27)(H,22,23,24);(H,6,7). The van der Waals surface area contributed by atoms with Crippen molar-refractivity contribution in [3.05, 3.63) is 53.2 Å². The fourth-order valence-electron chi connectivity index (χ4n) is 3.34. The fraction of sp³-hybridized carbons (Fsp3) is 0.273. The first-order valence-electron chi connectivity index (χ1n) is 10.3. The van der Waals surface area contributed by atoms with Crippen LogP contribution in [0.5, 0.6) is 0 Å². The molecule has 0 aliphatic carbocycles. The highest BCUT2D eigenvalue weighted by Gasteiger charge is 2.38. The molecule has 8 nitrogen and oxygen atoms in total. The average molecular weight is 529 g/mol. The van der Waals surface area contributed by atoms with Crippen LogP contribution in [-0.4, -0.2) is 56.8 Å². The lowest BCUT2D eigenvalue weighted by Gasteiger charge is -2.28. The molecule has 1 fully saturated rings. The van der Waals surface area contributed by atoms with Crippen LogP contribution in [0.3, 0.4) is 0 Å². The predicted octanol–water partition coefficient (Wildman–Crippen LogP) is 5.60. The van der Waals surface area contributed by atoms with Crippen LogP contribution in [0.15, 0.2) is 52.4 Å². The molecule has 2 aromatic carbocycles. The van der Waals surface area contributed by atoms with E-state index in [-0.39, 0.29) is 5.69 Å². The lowest BCUT2D eigenvalue weighted by Crippen LogP contribution is -2.29. The summed E-state index contributed by atoms with van der Waals surface area (Å²) in [7, 11) is 0. The molecule has 0 atom stereocenters. The summed E-state index contributed by atoms with van der Waals surface area (Å²) in [4.78, 5) is 23.3. The maximum atomic E-state index is 11.2. The number of nitrogens with zero attached hydrogens (tertiary/aromatic N) is 3. The Balaban J connectivity index is 0.000000429. The van der Waals surface area contributed by atoms with Gasteiger partial charge in [-0.05, 0) is 49.1 Å². The number of nitrogens with one attached hydrogen (secondary N) is 1. The lowest BCUT2D eigenvalue weighted by atomic mass is 10.0. The Morgan fingerprint density at radius 3 is 2.20 bits per heavy atom. The van der Waals surface area contributed by atoms with Crippen LogP contribution in [0.2, 0.25) is 5.02 Å². The van der Waals surface area contributed by atoms with Gasteiger partial charge in [-0.3, -0.25) is 5.10 Å². The molecule has 3 N–H and O–H groups in total. The van der Waals surface area contributed by atoms with Crippen LogP contribution >= 0.6 is 23.4 Å². The van der Waals surface area contributed by atoms with Crippen molar-refractivity contribution < 1.29 is 33.0 Å². The molecule has 2 heterocycles. The Hall–Kier alpha value is -3.25. The first-order chi connectivity index (χ1) is 16.6. The van der Waals surface area contributed by atoms with E-state index in [1.807, 2.05) is 18.2 Å². The minimum Gasteiger partial charge on any atom is -0.476 e. The first kappa shape index (κ1) is 26.4. The van der Waals surface area contributed by atoms with Gasteiger partial charge < -0.3 is 15.1 Å². The quantitative estimate of drug-likeness (QED) is 0.391. The van der Waals surface area contributed by atoms with Crippen molar-refractivity contribution in [1.29, 1.82) is 0 Å². The highest BCUT2D eigenvalue weighted by atomic mass is 35.5. The van der Waals surface area contributed by atoms with E-state index in [0.717, 1.165) is 29.1 Å². The number of benzene rings is 2. The molecular weight excluding hydrogens is 509 g/mol. The maximum absolute atomic E-state index is 11.2. The molecule has 0 saturated carbocycles. The molecule has 0 amide bonds. The van der Waals surface area contributed by atoms with Crippen LogP contribution in [-0.2, 0) is 4.79 Å². The van der Waals surface area contributed by atoms with E-state index >= 15 is 0 Å². The summed E-state index contributed by atoms with van der Waals surface area (Å²) in [6, 6.07) is 14.2. The molecular formula is C22H20ClF3N4O4S. The van der Waals surface area contributed by atoms with Crippen molar-refractivity contribution in [2.45, 2.75) is 35.4 Å². The molecule has 1 aromatic heterocycles. The summed E-state index contributed by atoms with van der Waals surface area (Å²) in [5.41, 5.74) is 3.21. The van der Waals surface area contributed by atoms with E-state index in [0.29, 0.717) is 10.0 Å². The van der Waals surface area contributed by atoms with Crippen molar-refractivity contribution in [3.8, 4) is 11.1 Å². The predicted molar refractivity (Wildman–Crippen MR) is 124 cm³/mol. The van der Waals surface area contributed by atoms with Crippen molar-refractivity contribution in [2.75, 3.05) is 18.0 Å². The van der Waals surface area contributed by atoms with Crippen molar-refractivity contribution in [3.63, 3.8) is 0 Å². The number of alkyl halides is 3. The Labute approximate surface area is 207 Å². The third-order valence-corrected chi connectivity index (χ3v) is 6.31. The zero-order chi connectivity index (χ0) is 25.6. The van der Waals surface area contributed by atoms with Gasteiger partial charge in [-0.15, -0.1) is 5.10 Å². The Kier molecular flexibility index (Phi) is 8.62. The van der Waals surface area contributed by atoms with Gasteiger partial charge in [-0.2, -0.15) is 13.2 Å². The number of carbonyl (C=O) groups is 2. The maximum Gasteiger partial charge on any atom is 0.490 e. The second-order valence-electron chi connectivity index (χ2n) is 7.44. The number of H-pyrrole nitrogens is 1. The van der Waals surface area contributed by atoms with E-state index in [2.05, 4.69) is 44.6 Å². The van der Waals surface area contributed by atoms with E-state index in [9.17, 15) is 18.0 Å². The SMILES string of the molecule is O=C(O)C(F)(F)F.O=C(O)c1[nH]nnc1Sc1ccc(-c2ccc(N3CCCCC3)cc2)c(Cl)c1. The van der Waals surface area contributed by atoms with Gasteiger partial charge in [0.05, 0.1) is 0 Å². The minimum atomic E-state index is -5.08. The van der Waals surface area contributed by atoms with Gasteiger partial charge in [0.25, 0.3) is 0 Å². The van der Waals surface area contributed by atoms with Crippen molar-refractivity contribution in [1.82, 2.24) is 15.4 Å². The fourth-order valence-corrected chi connectivity index (χ4v) is 4.55. The van der Waals surface area contributed by atoms with E-state index < -0.39 is 18.1 Å². The Morgan fingerprint density at radius 1 is 1.03 bits per heavy atom. The first-order valence-corrected chi connectivity index (χ1v) is 11.5. The Morgan fingerprint density at radius 2 is 1.66 bits per heavy atom. The molecule has 0 spiro atoms. The second-order valence-corrected chi connectivity index (χ2v) is 8.91. The molecule has 13 heteroatoms. The van der Waals surface area contributed by atoms with Gasteiger partial charge in [-0.1, -0.05) is 46.8 Å². The summed E-state index contributed by atoms with van der Waals surface area (Å²) < 4.78 is 31.7. The number of hydrogen-bond donors (Lipinski definition) is 3. The van der Waals surface area contributed by atoms with Gasteiger partial charge in [0.1, 0.15) is 0 Å². The molecule has 1 aliphatic heterocycles. The molecule has 35 heavy (non-hydrogen) atoms. The van der Waals surface area contributed by atoms with Crippen LogP contribution in [0, 0.1) is 0 Å². The average Bonchev–Trinajstić information content (AvgIpc) is 3.28. The van der Waals surface area contributed by atoms with Crippen LogP contribution < -0.4 is 4.90 Å². The number of aromatic carboxylic acids is 1. The second kappa shape index (κ2) is 11.5. The molecule has 186 valence electrons. The number of rotatable bonds is 5. The number of anilines is 1. The molecule has 1 aliphatic rings. The number of carboxylic acid groups (broad SMARTS) is 2. The molecule has 0 unspecified atom stereocenters. The lowest BCUT2D eigenvalue weighted by molar-refractivity contribution is -0.192. The van der Waals surface area contributed by atoms with Gasteiger partial charge in [0, 0.05) is 34.3 Å². The van der Waals surface area contributed by atoms with Crippen molar-refractivity contribution >= 4 is 41.0 Å². The van der Waals surface area contributed by atoms with E-state index in [1.165, 1.54) is 36.7 Å². The highest BCUT2D eigenvalue weighted by molar-refractivity contribution is 7.99. The van der Waals surface area contributed by atoms with Crippen molar-refractivity contribution in [2.24, 2.45) is 0 Å². The van der Waals surface area contributed by atoms with Gasteiger partial charge in [0.2, 0.25) is 0 Å². The van der Waals surface area contributed by atoms with Crippen LogP contribution in [0.1, 0.15) is 29.8 Å². The molecule has 3 aromatic rings. The van der Waals surface area contributed by atoms with Crippen LogP contribution in [0.25, 0.3) is 11.1 Å². The summed E-state index contributed by atoms with van der Waals surface area (Å²) >= 11 is 7.72. The number of aromatic nitrogens is 3. The van der Waals surface area contributed by atoms with Gasteiger partial charge >= 0.3 is 18.1 Å². The normalized spacial score (nSPS) is 13.7.